The van der Waals surface area contributed by atoms with Gasteiger partial charge in [-0.15, -0.1) is 0 Å². The van der Waals surface area contributed by atoms with E-state index in [1.54, 1.807) is 6.33 Å². The van der Waals surface area contributed by atoms with Crippen LogP contribution < -0.4 is 15.4 Å². The maximum absolute atomic E-state index is 11.8. The van der Waals surface area contributed by atoms with E-state index in [1.165, 1.54) is 6.08 Å². The molecule has 0 bridgehead atoms. The number of carbonyl (C=O) groups excluding carboxylic acids is 1. The largest absolute Gasteiger partial charge is 0.439 e. The molecule has 192 valence electrons. The van der Waals surface area contributed by atoms with Crippen molar-refractivity contribution in [1.82, 2.24) is 19.5 Å². The highest BCUT2D eigenvalue weighted by Gasteiger charge is 2.34. The SMILES string of the molecule is C=CC(=O)Nc1ccc(-c2c3c4c(ncnc4n2C2CC2)NCc2cc(Oc4cccc(C)n4)ccc2-3)cc1. The Labute approximate surface area is 225 Å². The first-order valence-electron chi connectivity index (χ1n) is 13.0. The molecule has 1 fully saturated rings. The summed E-state index contributed by atoms with van der Waals surface area (Å²) in [7, 11) is 0. The Morgan fingerprint density at radius 2 is 1.97 bits per heavy atom. The molecule has 39 heavy (non-hydrogen) atoms. The number of pyridine rings is 1. The maximum atomic E-state index is 11.8. The number of carbonyl (C=O) groups is 1. The maximum Gasteiger partial charge on any atom is 0.247 e. The lowest BCUT2D eigenvalue weighted by Crippen LogP contribution is -2.07. The van der Waals surface area contributed by atoms with Crippen molar-refractivity contribution in [2.45, 2.75) is 32.4 Å². The number of ether oxygens (including phenoxy) is 1. The summed E-state index contributed by atoms with van der Waals surface area (Å²) in [5.41, 5.74) is 8.04. The summed E-state index contributed by atoms with van der Waals surface area (Å²) in [6, 6.07) is 20.3. The second-order valence-electron chi connectivity index (χ2n) is 9.91. The van der Waals surface area contributed by atoms with Crippen molar-refractivity contribution in [3.05, 3.63) is 90.9 Å². The number of benzene rings is 2. The van der Waals surface area contributed by atoms with Gasteiger partial charge in [0.2, 0.25) is 11.8 Å². The predicted molar refractivity (Wildman–Crippen MR) is 152 cm³/mol. The summed E-state index contributed by atoms with van der Waals surface area (Å²) in [5.74, 6) is 1.88. The molecule has 0 atom stereocenters. The fraction of sp³-hybridized carbons (Fsp3) is 0.161. The summed E-state index contributed by atoms with van der Waals surface area (Å²) in [4.78, 5) is 25.7. The highest BCUT2D eigenvalue weighted by molar-refractivity contribution is 6.10. The Balaban J connectivity index is 1.39. The monoisotopic (exact) mass is 514 g/mol. The lowest BCUT2D eigenvalue weighted by atomic mass is 9.95. The molecule has 1 amide bonds. The van der Waals surface area contributed by atoms with Gasteiger partial charge in [-0.25, -0.2) is 15.0 Å². The number of rotatable bonds is 6. The van der Waals surface area contributed by atoms with Crippen LogP contribution >= 0.6 is 0 Å². The highest BCUT2D eigenvalue weighted by atomic mass is 16.5. The van der Waals surface area contributed by atoms with Crippen LogP contribution in [0.2, 0.25) is 0 Å². The summed E-state index contributed by atoms with van der Waals surface area (Å²) in [5, 5.41) is 7.40. The lowest BCUT2D eigenvalue weighted by Gasteiger charge is -2.15. The van der Waals surface area contributed by atoms with Gasteiger partial charge < -0.3 is 19.9 Å². The molecule has 2 aliphatic rings. The van der Waals surface area contributed by atoms with Crippen molar-refractivity contribution >= 4 is 28.4 Å². The predicted octanol–water partition coefficient (Wildman–Crippen LogP) is 6.65. The number of aromatic nitrogens is 4. The number of nitrogens with one attached hydrogen (secondary N) is 2. The molecule has 1 aliphatic carbocycles. The molecule has 1 saturated carbocycles. The number of anilines is 2. The van der Waals surface area contributed by atoms with Gasteiger partial charge in [0, 0.05) is 35.6 Å². The van der Waals surface area contributed by atoms with Crippen molar-refractivity contribution in [2.75, 3.05) is 10.6 Å². The van der Waals surface area contributed by atoms with Crippen LogP contribution in [0.5, 0.6) is 11.6 Å². The van der Waals surface area contributed by atoms with Crippen LogP contribution in [0, 0.1) is 6.92 Å². The van der Waals surface area contributed by atoms with E-state index in [-0.39, 0.29) is 5.91 Å². The van der Waals surface area contributed by atoms with Gasteiger partial charge in [-0.3, -0.25) is 4.79 Å². The van der Waals surface area contributed by atoms with Crippen LogP contribution in [0.1, 0.15) is 30.1 Å². The molecule has 2 aromatic carbocycles. The lowest BCUT2D eigenvalue weighted by molar-refractivity contribution is -0.111. The molecule has 0 unspecified atom stereocenters. The number of nitrogens with zero attached hydrogens (tertiary/aromatic N) is 4. The van der Waals surface area contributed by atoms with Gasteiger partial charge in [-0.2, -0.15) is 0 Å². The topological polar surface area (TPSA) is 94.0 Å². The molecule has 0 saturated heterocycles. The van der Waals surface area contributed by atoms with Crippen molar-refractivity contribution in [1.29, 1.82) is 0 Å². The smallest absolute Gasteiger partial charge is 0.247 e. The van der Waals surface area contributed by atoms with Crippen LogP contribution in [-0.2, 0) is 11.3 Å². The van der Waals surface area contributed by atoms with Crippen molar-refractivity contribution in [2.24, 2.45) is 0 Å². The minimum absolute atomic E-state index is 0.236. The van der Waals surface area contributed by atoms with Crippen molar-refractivity contribution in [3.63, 3.8) is 0 Å². The van der Waals surface area contributed by atoms with Gasteiger partial charge in [-0.05, 0) is 72.9 Å². The molecule has 0 radical (unpaired) electrons. The normalized spacial score (nSPS) is 13.8. The molecule has 3 aromatic heterocycles. The zero-order chi connectivity index (χ0) is 26.5. The summed E-state index contributed by atoms with van der Waals surface area (Å²) < 4.78 is 8.49. The number of hydrogen-bond donors (Lipinski definition) is 2. The van der Waals surface area contributed by atoms with E-state index in [1.807, 2.05) is 55.5 Å². The average molecular weight is 515 g/mol. The molecule has 5 aromatic rings. The van der Waals surface area contributed by atoms with Gasteiger partial charge >= 0.3 is 0 Å². The number of hydrogen-bond acceptors (Lipinski definition) is 6. The third-order valence-corrected chi connectivity index (χ3v) is 7.18. The van der Waals surface area contributed by atoms with Gasteiger partial charge in [0.25, 0.3) is 0 Å². The zero-order valence-electron chi connectivity index (χ0n) is 21.4. The summed E-state index contributed by atoms with van der Waals surface area (Å²) >= 11 is 0. The van der Waals surface area contributed by atoms with Crippen LogP contribution in [0.15, 0.2) is 79.6 Å². The van der Waals surface area contributed by atoms with Gasteiger partial charge in [0.05, 0.1) is 11.1 Å². The van der Waals surface area contributed by atoms with Crippen molar-refractivity contribution < 1.29 is 9.53 Å². The van der Waals surface area contributed by atoms with Crippen LogP contribution in [0.3, 0.4) is 0 Å². The first-order chi connectivity index (χ1) is 19.1. The molecule has 8 nitrogen and oxygen atoms in total. The van der Waals surface area contributed by atoms with E-state index in [0.29, 0.717) is 18.5 Å². The van der Waals surface area contributed by atoms with E-state index in [2.05, 4.69) is 43.9 Å². The van der Waals surface area contributed by atoms with E-state index in [4.69, 9.17) is 9.72 Å². The van der Waals surface area contributed by atoms with Crippen LogP contribution in [-0.4, -0.2) is 25.4 Å². The standard InChI is InChI=1S/C31H26N6O2/c1-3-25(38)36-21-9-7-19(8-10-21)29-27-24-14-13-23(39-26-6-4-5-18(2)35-26)15-20(24)16-32-30-28(27)31(34-17-33-30)37(29)22-11-12-22/h3-10,13-15,17,22H,1,11-12,16H2,2H3,(H,36,38)(H,32,33,34). The first kappa shape index (κ1) is 23.2. The molecular formula is C31H26N6O2. The molecule has 1 aliphatic heterocycles. The number of aryl methyl sites for hydroxylation is 1. The van der Waals surface area contributed by atoms with Crippen LogP contribution in [0.4, 0.5) is 11.5 Å². The molecule has 4 heterocycles. The van der Waals surface area contributed by atoms with Gasteiger partial charge in [-0.1, -0.05) is 30.8 Å². The van der Waals surface area contributed by atoms with E-state index < -0.39 is 0 Å². The third-order valence-electron chi connectivity index (χ3n) is 7.18. The Kier molecular flexibility index (Phi) is 5.40. The summed E-state index contributed by atoms with van der Waals surface area (Å²) in [6.07, 6.45) is 5.13. The third kappa shape index (κ3) is 4.10. The number of amides is 1. The molecule has 8 heteroatoms. The Hall–Kier alpha value is -4.98. The fourth-order valence-corrected chi connectivity index (χ4v) is 5.30. The second kappa shape index (κ2) is 9.09. The fourth-order valence-electron chi connectivity index (χ4n) is 5.30. The van der Waals surface area contributed by atoms with Gasteiger partial charge in [0.1, 0.15) is 23.5 Å². The van der Waals surface area contributed by atoms with Gasteiger partial charge in [0.15, 0.2) is 0 Å². The minimum Gasteiger partial charge on any atom is -0.439 e. The van der Waals surface area contributed by atoms with E-state index >= 15 is 0 Å². The van der Waals surface area contributed by atoms with Crippen LogP contribution in [0.25, 0.3) is 33.4 Å². The van der Waals surface area contributed by atoms with E-state index in [9.17, 15) is 4.79 Å². The summed E-state index contributed by atoms with van der Waals surface area (Å²) in [6.45, 7) is 6.09. The Morgan fingerprint density at radius 1 is 1.13 bits per heavy atom. The molecule has 0 spiro atoms. The zero-order valence-corrected chi connectivity index (χ0v) is 21.4. The van der Waals surface area contributed by atoms with E-state index in [0.717, 1.165) is 74.8 Å². The Bertz CT molecular complexity index is 1770. The molecule has 2 N–H and O–H groups in total. The highest BCUT2D eigenvalue weighted by Crippen LogP contribution is 2.51. The Morgan fingerprint density at radius 3 is 2.74 bits per heavy atom. The number of fused-ring (bicyclic) bond motifs is 2. The average Bonchev–Trinajstić information content (AvgIpc) is 3.75. The molecular weight excluding hydrogens is 488 g/mol. The van der Waals surface area contributed by atoms with Crippen molar-refractivity contribution in [3.8, 4) is 34.0 Å². The first-order valence-corrected chi connectivity index (χ1v) is 13.0. The quantitative estimate of drug-likeness (QED) is 0.247. The minimum atomic E-state index is -0.236. The second-order valence-corrected chi connectivity index (χ2v) is 9.91. The molecule has 7 rings (SSSR count).